The Labute approximate surface area is 142 Å². The first-order valence-corrected chi connectivity index (χ1v) is 7.66. The number of anilines is 1. The number of aromatic nitrogens is 1. The number of pyridine rings is 1. The van der Waals surface area contributed by atoms with Crippen LogP contribution in [0.1, 0.15) is 16.1 Å². The first kappa shape index (κ1) is 16.8. The maximum atomic E-state index is 13.3. The Kier molecular flexibility index (Phi) is 4.60. The van der Waals surface area contributed by atoms with Crippen LogP contribution < -0.4 is 10.6 Å². The summed E-state index contributed by atoms with van der Waals surface area (Å²) in [6.45, 7) is 1.29. The summed E-state index contributed by atoms with van der Waals surface area (Å²) >= 11 is 0. The molecular formula is C17H16F2N4O2. The van der Waals surface area contributed by atoms with E-state index < -0.39 is 17.5 Å². The summed E-state index contributed by atoms with van der Waals surface area (Å²) in [6, 6.07) is 6.84. The highest BCUT2D eigenvalue weighted by Crippen LogP contribution is 2.19. The Balaban J connectivity index is 1.68. The maximum absolute atomic E-state index is 13.3. The molecule has 25 heavy (non-hydrogen) atoms. The number of piperazine rings is 1. The third-order valence-corrected chi connectivity index (χ3v) is 4.04. The molecular weight excluding hydrogens is 330 g/mol. The van der Waals surface area contributed by atoms with Crippen molar-refractivity contribution in [3.05, 3.63) is 59.4 Å². The molecule has 1 aromatic heterocycles. The highest BCUT2D eigenvalue weighted by Gasteiger charge is 2.25. The molecule has 6 nitrogen and oxygen atoms in total. The van der Waals surface area contributed by atoms with E-state index in [-0.39, 0.29) is 24.7 Å². The summed E-state index contributed by atoms with van der Waals surface area (Å²) in [4.78, 5) is 30.9. The van der Waals surface area contributed by atoms with Crippen LogP contribution in [0.5, 0.6) is 0 Å². The van der Waals surface area contributed by atoms with Gasteiger partial charge in [0.15, 0.2) is 11.6 Å². The summed E-state index contributed by atoms with van der Waals surface area (Å²) in [7, 11) is 0. The number of nitrogens with zero attached hydrogens (tertiary/aromatic N) is 3. The quantitative estimate of drug-likeness (QED) is 0.905. The summed E-state index contributed by atoms with van der Waals surface area (Å²) < 4.78 is 26.3. The van der Waals surface area contributed by atoms with Gasteiger partial charge in [-0.25, -0.2) is 8.78 Å². The van der Waals surface area contributed by atoms with Crippen molar-refractivity contribution >= 4 is 17.5 Å². The normalized spacial score (nSPS) is 14.7. The standard InChI is InChI=1S/C17H16F2N4O2/c18-13-2-1-11(7-14(13)19)9-23-6-5-22(10-16(23)24)12-3-4-21-15(8-12)17(20)25/h1-4,7-8H,5-6,9-10H2,(H2,20,25). The van der Waals surface area contributed by atoms with Crippen LogP contribution in [-0.4, -0.2) is 41.3 Å². The Hall–Kier alpha value is -3.03. The van der Waals surface area contributed by atoms with Gasteiger partial charge in [0.2, 0.25) is 5.91 Å². The van der Waals surface area contributed by atoms with Crippen LogP contribution in [0.25, 0.3) is 0 Å². The monoisotopic (exact) mass is 346 g/mol. The molecule has 0 saturated carbocycles. The fourth-order valence-corrected chi connectivity index (χ4v) is 2.71. The highest BCUT2D eigenvalue weighted by atomic mass is 19.2. The summed E-state index contributed by atoms with van der Waals surface area (Å²) in [6.07, 6.45) is 1.47. The third kappa shape index (κ3) is 3.73. The van der Waals surface area contributed by atoms with Gasteiger partial charge in [-0.15, -0.1) is 0 Å². The number of nitrogens with two attached hydrogens (primary N) is 1. The lowest BCUT2D eigenvalue weighted by atomic mass is 10.1. The SMILES string of the molecule is NC(=O)c1cc(N2CCN(Cc3ccc(F)c(F)c3)C(=O)C2)ccn1. The minimum atomic E-state index is -0.931. The van der Waals surface area contributed by atoms with Crippen LogP contribution in [0, 0.1) is 11.6 Å². The van der Waals surface area contributed by atoms with Gasteiger partial charge in [-0.2, -0.15) is 0 Å². The number of halogens is 2. The van der Waals surface area contributed by atoms with E-state index in [0.29, 0.717) is 24.3 Å². The second kappa shape index (κ2) is 6.84. The molecule has 0 radical (unpaired) electrons. The van der Waals surface area contributed by atoms with E-state index in [4.69, 9.17) is 5.73 Å². The number of hydrogen-bond acceptors (Lipinski definition) is 4. The zero-order valence-corrected chi connectivity index (χ0v) is 13.3. The van der Waals surface area contributed by atoms with Gasteiger partial charge >= 0.3 is 0 Å². The second-order valence-electron chi connectivity index (χ2n) is 5.75. The molecule has 130 valence electrons. The minimum Gasteiger partial charge on any atom is -0.364 e. The molecule has 2 heterocycles. The fraction of sp³-hybridized carbons (Fsp3) is 0.235. The molecule has 0 spiro atoms. The van der Waals surface area contributed by atoms with Crippen LogP contribution in [0.3, 0.4) is 0 Å². The molecule has 1 aliphatic rings. The van der Waals surface area contributed by atoms with Crippen molar-refractivity contribution in [1.82, 2.24) is 9.88 Å². The van der Waals surface area contributed by atoms with Crippen molar-refractivity contribution in [3.8, 4) is 0 Å². The molecule has 8 heteroatoms. The molecule has 2 amide bonds. The molecule has 0 bridgehead atoms. The second-order valence-corrected chi connectivity index (χ2v) is 5.75. The van der Waals surface area contributed by atoms with Gasteiger partial charge < -0.3 is 15.5 Å². The number of primary amides is 1. The third-order valence-electron chi connectivity index (χ3n) is 4.04. The van der Waals surface area contributed by atoms with Gasteiger partial charge in [0.05, 0.1) is 6.54 Å². The van der Waals surface area contributed by atoms with E-state index in [1.165, 1.54) is 12.3 Å². The molecule has 1 fully saturated rings. The molecule has 0 aliphatic carbocycles. The van der Waals surface area contributed by atoms with Gasteiger partial charge in [0, 0.05) is 31.5 Å². The smallest absolute Gasteiger partial charge is 0.267 e. The van der Waals surface area contributed by atoms with Crippen LogP contribution in [0.2, 0.25) is 0 Å². The van der Waals surface area contributed by atoms with Gasteiger partial charge in [0.1, 0.15) is 5.69 Å². The summed E-state index contributed by atoms with van der Waals surface area (Å²) in [5.74, 6) is -2.62. The van der Waals surface area contributed by atoms with Crippen molar-refractivity contribution < 1.29 is 18.4 Å². The molecule has 0 unspecified atom stereocenters. The first-order chi connectivity index (χ1) is 11.9. The summed E-state index contributed by atoms with van der Waals surface area (Å²) in [5.41, 5.74) is 6.56. The lowest BCUT2D eigenvalue weighted by Crippen LogP contribution is -2.50. The summed E-state index contributed by atoms with van der Waals surface area (Å²) in [5, 5.41) is 0. The molecule has 2 aromatic rings. The number of carbonyl (C=O) groups excluding carboxylic acids is 2. The molecule has 2 N–H and O–H groups in total. The molecule has 0 atom stereocenters. The lowest BCUT2D eigenvalue weighted by Gasteiger charge is -2.35. The largest absolute Gasteiger partial charge is 0.364 e. The van der Waals surface area contributed by atoms with Gasteiger partial charge in [-0.05, 0) is 29.8 Å². The van der Waals surface area contributed by atoms with E-state index in [9.17, 15) is 18.4 Å². The predicted octanol–water partition coefficient (Wildman–Crippen LogP) is 1.31. The van der Waals surface area contributed by atoms with Gasteiger partial charge in [0.25, 0.3) is 5.91 Å². The topological polar surface area (TPSA) is 79.5 Å². The van der Waals surface area contributed by atoms with Crippen molar-refractivity contribution in [2.45, 2.75) is 6.54 Å². The first-order valence-electron chi connectivity index (χ1n) is 7.66. The molecule has 3 rings (SSSR count). The van der Waals surface area contributed by atoms with E-state index in [1.807, 2.05) is 4.90 Å². The maximum Gasteiger partial charge on any atom is 0.267 e. The molecule has 1 aliphatic heterocycles. The van der Waals surface area contributed by atoms with Gasteiger partial charge in [-0.1, -0.05) is 6.07 Å². The van der Waals surface area contributed by atoms with Crippen molar-refractivity contribution in [2.24, 2.45) is 5.73 Å². The highest BCUT2D eigenvalue weighted by molar-refractivity contribution is 5.92. The number of carbonyl (C=O) groups is 2. The van der Waals surface area contributed by atoms with Crippen molar-refractivity contribution in [3.63, 3.8) is 0 Å². The Morgan fingerprint density at radius 3 is 2.64 bits per heavy atom. The predicted molar refractivity (Wildman–Crippen MR) is 86.7 cm³/mol. The van der Waals surface area contributed by atoms with Crippen LogP contribution in [0.15, 0.2) is 36.5 Å². The van der Waals surface area contributed by atoms with Gasteiger partial charge in [-0.3, -0.25) is 14.6 Å². The van der Waals surface area contributed by atoms with Crippen LogP contribution in [0.4, 0.5) is 14.5 Å². The molecule has 1 saturated heterocycles. The van der Waals surface area contributed by atoms with Crippen LogP contribution >= 0.6 is 0 Å². The Bertz CT molecular complexity index is 828. The number of amides is 2. The minimum absolute atomic E-state index is 0.117. The van der Waals surface area contributed by atoms with Crippen molar-refractivity contribution in [1.29, 1.82) is 0 Å². The molecule has 1 aromatic carbocycles. The fourth-order valence-electron chi connectivity index (χ4n) is 2.71. The number of benzene rings is 1. The van der Waals surface area contributed by atoms with E-state index in [1.54, 1.807) is 17.0 Å². The zero-order valence-electron chi connectivity index (χ0n) is 13.3. The van der Waals surface area contributed by atoms with Crippen molar-refractivity contribution in [2.75, 3.05) is 24.5 Å². The Morgan fingerprint density at radius 2 is 1.96 bits per heavy atom. The average molecular weight is 346 g/mol. The number of rotatable bonds is 4. The van der Waals surface area contributed by atoms with E-state index >= 15 is 0 Å². The zero-order chi connectivity index (χ0) is 18.0. The van der Waals surface area contributed by atoms with Crippen LogP contribution in [-0.2, 0) is 11.3 Å². The number of hydrogen-bond donors (Lipinski definition) is 1. The average Bonchev–Trinajstić information content (AvgIpc) is 2.60. The van der Waals surface area contributed by atoms with E-state index in [2.05, 4.69) is 4.98 Å². The Morgan fingerprint density at radius 1 is 1.16 bits per heavy atom. The lowest BCUT2D eigenvalue weighted by molar-refractivity contribution is -0.131. The van der Waals surface area contributed by atoms with E-state index in [0.717, 1.165) is 12.1 Å².